The van der Waals surface area contributed by atoms with E-state index in [4.69, 9.17) is 16.3 Å². The zero-order chi connectivity index (χ0) is 24.4. The minimum Gasteiger partial charge on any atom is -0.497 e. The molecule has 0 bridgehead atoms. The Bertz CT molecular complexity index is 1360. The van der Waals surface area contributed by atoms with E-state index in [0.29, 0.717) is 34.2 Å². The fourth-order valence-corrected chi connectivity index (χ4v) is 5.60. The number of nitrogens with one attached hydrogen (secondary N) is 1. The number of benzene rings is 3. The summed E-state index contributed by atoms with van der Waals surface area (Å²) in [5.41, 5.74) is 2.43. The summed E-state index contributed by atoms with van der Waals surface area (Å²) in [7, 11) is 1.61. The average Bonchev–Trinajstić information content (AvgIpc) is 3.25. The number of amides is 2. The molecule has 0 radical (unpaired) electrons. The molecule has 1 aliphatic heterocycles. The Balaban J connectivity index is 1.19. The molecule has 5 rings (SSSR count). The van der Waals surface area contributed by atoms with Gasteiger partial charge in [0.2, 0.25) is 0 Å². The maximum Gasteiger partial charge on any atom is 0.267 e. The summed E-state index contributed by atoms with van der Waals surface area (Å²) < 4.78 is 6.16. The summed E-state index contributed by atoms with van der Waals surface area (Å²) in [4.78, 5) is 30.2. The number of carbonyl (C=O) groups is 2. The second-order valence-corrected chi connectivity index (χ2v) is 9.68. The lowest BCUT2D eigenvalue weighted by Crippen LogP contribution is -2.48. The first kappa shape index (κ1) is 23.2. The lowest BCUT2D eigenvalue weighted by atomic mass is 10.1. The molecule has 35 heavy (non-hydrogen) atoms. The molecule has 0 aliphatic carbocycles. The van der Waals surface area contributed by atoms with Gasteiger partial charge < -0.3 is 19.9 Å². The van der Waals surface area contributed by atoms with E-state index in [1.54, 1.807) is 31.4 Å². The summed E-state index contributed by atoms with van der Waals surface area (Å²) >= 11 is 7.83. The molecule has 0 spiro atoms. The van der Waals surface area contributed by atoms with Gasteiger partial charge in [-0.3, -0.25) is 9.59 Å². The van der Waals surface area contributed by atoms with Crippen LogP contribution in [0.3, 0.4) is 0 Å². The number of fused-ring (bicyclic) bond motifs is 1. The molecule has 2 heterocycles. The monoisotopic (exact) mass is 505 g/mol. The molecule has 0 atom stereocenters. The van der Waals surface area contributed by atoms with E-state index in [1.165, 1.54) is 11.3 Å². The van der Waals surface area contributed by atoms with Crippen molar-refractivity contribution in [1.82, 2.24) is 4.90 Å². The fraction of sp³-hybridized carbons (Fsp3) is 0.185. The number of thiophene rings is 1. The van der Waals surface area contributed by atoms with Crippen LogP contribution >= 0.6 is 22.9 Å². The topological polar surface area (TPSA) is 61.9 Å². The highest BCUT2D eigenvalue weighted by Gasteiger charge is 2.23. The molecule has 1 aliphatic rings. The van der Waals surface area contributed by atoms with Crippen LogP contribution in [0.5, 0.6) is 5.75 Å². The fourth-order valence-electron chi connectivity index (χ4n) is 4.19. The van der Waals surface area contributed by atoms with Crippen LogP contribution in [0.2, 0.25) is 5.02 Å². The van der Waals surface area contributed by atoms with E-state index in [0.717, 1.165) is 34.6 Å². The number of piperazine rings is 1. The number of methoxy groups -OCH3 is 1. The van der Waals surface area contributed by atoms with Gasteiger partial charge in [-0.1, -0.05) is 29.8 Å². The van der Waals surface area contributed by atoms with Crippen LogP contribution in [0.25, 0.3) is 10.1 Å². The number of nitrogens with zero attached hydrogens (tertiary/aromatic N) is 2. The van der Waals surface area contributed by atoms with Gasteiger partial charge in [-0.05, 0) is 54.6 Å². The maximum absolute atomic E-state index is 12.8. The molecule has 1 aromatic heterocycles. The van der Waals surface area contributed by atoms with E-state index in [9.17, 15) is 9.59 Å². The summed E-state index contributed by atoms with van der Waals surface area (Å²) in [6.45, 7) is 2.78. The first-order valence-electron chi connectivity index (χ1n) is 11.3. The lowest BCUT2D eigenvalue weighted by Gasteiger charge is -2.36. The summed E-state index contributed by atoms with van der Waals surface area (Å²) in [5.74, 6) is 0.554. The van der Waals surface area contributed by atoms with Gasteiger partial charge in [-0.15, -0.1) is 11.3 Å². The first-order chi connectivity index (χ1) is 17.0. The van der Waals surface area contributed by atoms with Gasteiger partial charge in [0.15, 0.2) is 0 Å². The molecular weight excluding hydrogens is 482 g/mol. The highest BCUT2D eigenvalue weighted by molar-refractivity contribution is 7.21. The second kappa shape index (κ2) is 9.98. The largest absolute Gasteiger partial charge is 0.497 e. The molecule has 8 heteroatoms. The standard InChI is InChI=1S/C27H24ClN3O3S/c1-34-21-12-6-18(7-13-21)27(33)31-16-14-30(15-17-31)20-10-8-19(9-11-20)29-26(32)25-24(28)22-4-2-3-5-23(22)35-25/h2-13H,14-17H2,1H3,(H,29,32). The lowest BCUT2D eigenvalue weighted by molar-refractivity contribution is 0.0746. The van der Waals surface area contributed by atoms with Crippen LogP contribution in [-0.4, -0.2) is 50.0 Å². The highest BCUT2D eigenvalue weighted by Crippen LogP contribution is 2.35. The number of halogens is 1. The second-order valence-electron chi connectivity index (χ2n) is 8.25. The normalized spacial score (nSPS) is 13.7. The molecule has 3 aromatic carbocycles. The maximum atomic E-state index is 12.8. The van der Waals surface area contributed by atoms with E-state index >= 15 is 0 Å². The van der Waals surface area contributed by atoms with Crippen LogP contribution in [0.1, 0.15) is 20.0 Å². The van der Waals surface area contributed by atoms with Crippen LogP contribution in [0.4, 0.5) is 11.4 Å². The Morgan fingerprint density at radius 1 is 0.914 bits per heavy atom. The van der Waals surface area contributed by atoms with Crippen molar-refractivity contribution in [3.63, 3.8) is 0 Å². The van der Waals surface area contributed by atoms with E-state index in [-0.39, 0.29) is 11.8 Å². The number of hydrogen-bond donors (Lipinski definition) is 1. The number of hydrogen-bond acceptors (Lipinski definition) is 5. The van der Waals surface area contributed by atoms with E-state index in [2.05, 4.69) is 10.2 Å². The Morgan fingerprint density at radius 3 is 2.26 bits per heavy atom. The molecule has 2 amide bonds. The van der Waals surface area contributed by atoms with Crippen molar-refractivity contribution in [1.29, 1.82) is 0 Å². The summed E-state index contributed by atoms with van der Waals surface area (Å²) in [5, 5.41) is 4.33. The quantitative estimate of drug-likeness (QED) is 0.373. The van der Waals surface area contributed by atoms with Crippen molar-refractivity contribution in [3.8, 4) is 5.75 Å². The van der Waals surface area contributed by atoms with Gasteiger partial charge >= 0.3 is 0 Å². The zero-order valence-corrected chi connectivity index (χ0v) is 20.7. The van der Waals surface area contributed by atoms with Crippen molar-refractivity contribution in [3.05, 3.63) is 88.3 Å². The van der Waals surface area contributed by atoms with Crippen LogP contribution < -0.4 is 15.0 Å². The minimum atomic E-state index is -0.213. The minimum absolute atomic E-state index is 0.0327. The van der Waals surface area contributed by atoms with Crippen molar-refractivity contribution in [2.75, 3.05) is 43.5 Å². The Labute approximate surface area is 212 Å². The van der Waals surface area contributed by atoms with Gasteiger partial charge in [0.05, 0.1) is 12.1 Å². The molecule has 6 nitrogen and oxygen atoms in total. The highest BCUT2D eigenvalue weighted by atomic mass is 35.5. The van der Waals surface area contributed by atoms with Gasteiger partial charge in [-0.25, -0.2) is 0 Å². The van der Waals surface area contributed by atoms with E-state index < -0.39 is 0 Å². The number of carbonyl (C=O) groups excluding carboxylic acids is 2. The van der Waals surface area contributed by atoms with Crippen molar-refractivity contribution in [2.45, 2.75) is 0 Å². The van der Waals surface area contributed by atoms with Crippen molar-refractivity contribution in [2.24, 2.45) is 0 Å². The Morgan fingerprint density at radius 2 is 1.60 bits per heavy atom. The Hall–Kier alpha value is -3.55. The zero-order valence-electron chi connectivity index (χ0n) is 19.2. The first-order valence-corrected chi connectivity index (χ1v) is 12.5. The third kappa shape index (κ3) is 4.83. The summed E-state index contributed by atoms with van der Waals surface area (Å²) in [6, 6.07) is 22.7. The smallest absolute Gasteiger partial charge is 0.267 e. The van der Waals surface area contributed by atoms with Gasteiger partial charge in [-0.2, -0.15) is 0 Å². The molecule has 4 aromatic rings. The average molecular weight is 506 g/mol. The third-order valence-electron chi connectivity index (χ3n) is 6.14. The molecule has 0 unspecified atom stereocenters. The third-order valence-corrected chi connectivity index (χ3v) is 7.81. The van der Waals surface area contributed by atoms with Gasteiger partial charge in [0, 0.05) is 53.2 Å². The molecule has 0 saturated carbocycles. The van der Waals surface area contributed by atoms with Crippen molar-refractivity contribution >= 4 is 56.2 Å². The predicted molar refractivity (Wildman–Crippen MR) is 142 cm³/mol. The van der Waals surface area contributed by atoms with Gasteiger partial charge in [0.1, 0.15) is 10.6 Å². The van der Waals surface area contributed by atoms with Crippen LogP contribution in [-0.2, 0) is 0 Å². The molecule has 1 N–H and O–H groups in total. The molecular formula is C27H24ClN3O3S. The molecule has 1 fully saturated rings. The van der Waals surface area contributed by atoms with Crippen molar-refractivity contribution < 1.29 is 14.3 Å². The molecule has 178 valence electrons. The number of rotatable bonds is 5. The predicted octanol–water partition coefficient (Wildman–Crippen LogP) is 5.78. The van der Waals surface area contributed by atoms with Gasteiger partial charge in [0.25, 0.3) is 11.8 Å². The summed E-state index contributed by atoms with van der Waals surface area (Å²) in [6.07, 6.45) is 0. The van der Waals surface area contributed by atoms with Crippen LogP contribution in [0.15, 0.2) is 72.8 Å². The van der Waals surface area contributed by atoms with E-state index in [1.807, 2.05) is 53.4 Å². The Kier molecular flexibility index (Phi) is 6.61. The molecule has 1 saturated heterocycles. The number of ether oxygens (including phenoxy) is 1. The van der Waals surface area contributed by atoms with Crippen LogP contribution in [0, 0.1) is 0 Å². The number of anilines is 2. The SMILES string of the molecule is COc1ccc(C(=O)N2CCN(c3ccc(NC(=O)c4sc5ccccc5c4Cl)cc3)CC2)cc1.